The Morgan fingerprint density at radius 2 is 1.63 bits per heavy atom. The standard InChI is InChI=1S/C28H22N2O5/c1-18-6-11-20(12-7-18)25(31)15-10-19-8-13-21(14-9-19)27(32)29-23-5-3-4-22(16-23)26-17-24(30-35-26)28(33)34-2/h3-17H,1-2H3,(H,29,32)/b15-10+. The number of carbonyl (C=O) groups is 3. The number of ether oxygens (including phenoxy) is 1. The van der Waals surface area contributed by atoms with E-state index in [1.54, 1.807) is 66.7 Å². The highest BCUT2D eigenvalue weighted by atomic mass is 16.5. The van der Waals surface area contributed by atoms with Gasteiger partial charge in [-0.25, -0.2) is 4.79 Å². The monoisotopic (exact) mass is 466 g/mol. The topological polar surface area (TPSA) is 98.5 Å². The number of allylic oxidation sites excluding steroid dienone is 1. The zero-order chi connectivity index (χ0) is 24.8. The van der Waals surface area contributed by atoms with Crippen LogP contribution in [0.3, 0.4) is 0 Å². The van der Waals surface area contributed by atoms with Crippen molar-refractivity contribution in [1.29, 1.82) is 0 Å². The molecular weight excluding hydrogens is 444 g/mol. The van der Waals surface area contributed by atoms with Crippen LogP contribution in [0.25, 0.3) is 17.4 Å². The SMILES string of the molecule is COC(=O)c1cc(-c2cccc(NC(=O)c3ccc(/C=C/C(=O)c4ccc(C)cc4)cc3)c2)on1. The second-order valence-electron chi connectivity index (χ2n) is 7.79. The van der Waals surface area contributed by atoms with E-state index in [9.17, 15) is 14.4 Å². The average Bonchev–Trinajstić information content (AvgIpc) is 3.38. The number of hydrogen-bond acceptors (Lipinski definition) is 6. The Morgan fingerprint density at radius 1 is 0.914 bits per heavy atom. The van der Waals surface area contributed by atoms with Gasteiger partial charge in [-0.15, -0.1) is 0 Å². The molecule has 0 radical (unpaired) electrons. The third-order valence-electron chi connectivity index (χ3n) is 5.25. The van der Waals surface area contributed by atoms with Gasteiger partial charge in [-0.3, -0.25) is 9.59 Å². The molecule has 0 fully saturated rings. The lowest BCUT2D eigenvalue weighted by molar-refractivity contribution is 0.0589. The van der Waals surface area contributed by atoms with E-state index in [-0.39, 0.29) is 17.4 Å². The van der Waals surface area contributed by atoms with Gasteiger partial charge in [-0.2, -0.15) is 0 Å². The molecule has 0 atom stereocenters. The minimum absolute atomic E-state index is 0.0617. The number of rotatable bonds is 7. The van der Waals surface area contributed by atoms with Gasteiger partial charge in [0.25, 0.3) is 5.91 Å². The van der Waals surface area contributed by atoms with Gasteiger partial charge >= 0.3 is 5.97 Å². The zero-order valence-electron chi connectivity index (χ0n) is 19.1. The lowest BCUT2D eigenvalue weighted by atomic mass is 10.1. The lowest BCUT2D eigenvalue weighted by Gasteiger charge is -2.07. The van der Waals surface area contributed by atoms with Crippen LogP contribution in [-0.2, 0) is 4.74 Å². The molecule has 7 nitrogen and oxygen atoms in total. The van der Waals surface area contributed by atoms with Crippen molar-refractivity contribution in [2.45, 2.75) is 6.92 Å². The number of ketones is 1. The Labute approximate surface area is 202 Å². The van der Waals surface area contributed by atoms with Crippen molar-refractivity contribution in [3.05, 3.63) is 113 Å². The maximum absolute atomic E-state index is 12.7. The molecule has 7 heteroatoms. The summed E-state index contributed by atoms with van der Waals surface area (Å²) in [4.78, 5) is 36.6. The van der Waals surface area contributed by atoms with E-state index in [0.717, 1.165) is 11.1 Å². The van der Waals surface area contributed by atoms with Crippen LogP contribution in [0, 0.1) is 6.92 Å². The molecule has 0 aliphatic heterocycles. The maximum Gasteiger partial charge on any atom is 0.360 e. The summed E-state index contributed by atoms with van der Waals surface area (Å²) >= 11 is 0. The van der Waals surface area contributed by atoms with E-state index in [0.29, 0.717) is 28.1 Å². The molecule has 0 spiro atoms. The van der Waals surface area contributed by atoms with Gasteiger partial charge in [0.05, 0.1) is 7.11 Å². The molecule has 0 saturated carbocycles. The fourth-order valence-corrected chi connectivity index (χ4v) is 3.30. The molecule has 1 amide bonds. The van der Waals surface area contributed by atoms with Crippen molar-refractivity contribution in [1.82, 2.24) is 5.16 Å². The Balaban J connectivity index is 1.41. The predicted molar refractivity (Wildman–Crippen MR) is 132 cm³/mol. The summed E-state index contributed by atoms with van der Waals surface area (Å²) in [7, 11) is 1.26. The normalized spacial score (nSPS) is 10.8. The number of nitrogens with one attached hydrogen (secondary N) is 1. The molecule has 4 rings (SSSR count). The van der Waals surface area contributed by atoms with Gasteiger partial charge in [0, 0.05) is 28.4 Å². The fourth-order valence-electron chi connectivity index (χ4n) is 3.30. The molecule has 1 heterocycles. The summed E-state index contributed by atoms with van der Waals surface area (Å²) < 4.78 is 9.84. The second kappa shape index (κ2) is 10.4. The number of carbonyl (C=O) groups excluding carboxylic acids is 3. The largest absolute Gasteiger partial charge is 0.464 e. The number of esters is 1. The van der Waals surface area contributed by atoms with E-state index in [4.69, 9.17) is 4.52 Å². The van der Waals surface area contributed by atoms with Crippen LogP contribution in [0.1, 0.15) is 42.3 Å². The van der Waals surface area contributed by atoms with E-state index in [2.05, 4.69) is 15.2 Å². The van der Waals surface area contributed by atoms with Crippen molar-refractivity contribution in [2.75, 3.05) is 12.4 Å². The molecule has 0 saturated heterocycles. The number of nitrogens with zero attached hydrogens (tertiary/aromatic N) is 1. The Hall–Kier alpha value is -4.78. The van der Waals surface area contributed by atoms with Crippen LogP contribution in [0.2, 0.25) is 0 Å². The number of aromatic nitrogens is 1. The highest BCUT2D eigenvalue weighted by molar-refractivity contribution is 6.07. The van der Waals surface area contributed by atoms with Crippen LogP contribution >= 0.6 is 0 Å². The van der Waals surface area contributed by atoms with E-state index in [1.807, 2.05) is 19.1 Å². The molecule has 3 aromatic carbocycles. The van der Waals surface area contributed by atoms with E-state index in [1.165, 1.54) is 19.3 Å². The number of anilines is 1. The first-order valence-corrected chi connectivity index (χ1v) is 10.8. The van der Waals surface area contributed by atoms with Crippen molar-refractivity contribution in [3.63, 3.8) is 0 Å². The minimum Gasteiger partial charge on any atom is -0.464 e. The van der Waals surface area contributed by atoms with Crippen LogP contribution in [0.15, 0.2) is 89.5 Å². The summed E-state index contributed by atoms with van der Waals surface area (Å²) in [6, 6.07) is 22.8. The van der Waals surface area contributed by atoms with Crippen LogP contribution in [-0.4, -0.2) is 29.9 Å². The first-order valence-electron chi connectivity index (χ1n) is 10.8. The lowest BCUT2D eigenvalue weighted by Crippen LogP contribution is -2.11. The quantitative estimate of drug-likeness (QED) is 0.217. The molecule has 0 aliphatic carbocycles. The summed E-state index contributed by atoms with van der Waals surface area (Å²) in [6.45, 7) is 1.97. The first kappa shape index (κ1) is 23.4. The van der Waals surface area contributed by atoms with Gasteiger partial charge in [0.2, 0.25) is 0 Å². The zero-order valence-corrected chi connectivity index (χ0v) is 19.1. The Bertz CT molecular complexity index is 1400. The molecule has 4 aromatic rings. The number of amides is 1. The number of methoxy groups -OCH3 is 1. The third kappa shape index (κ3) is 5.78. The molecular formula is C28H22N2O5. The summed E-state index contributed by atoms with van der Waals surface area (Å²) in [5.41, 5.74) is 4.24. The highest BCUT2D eigenvalue weighted by Crippen LogP contribution is 2.24. The number of hydrogen-bond donors (Lipinski definition) is 1. The van der Waals surface area contributed by atoms with Gasteiger partial charge in [-0.05, 0) is 42.8 Å². The van der Waals surface area contributed by atoms with Crippen molar-refractivity contribution >= 4 is 29.4 Å². The Kier molecular flexibility index (Phi) is 6.97. The van der Waals surface area contributed by atoms with Crippen LogP contribution in [0.4, 0.5) is 5.69 Å². The van der Waals surface area contributed by atoms with Gasteiger partial charge in [0.1, 0.15) is 0 Å². The Morgan fingerprint density at radius 3 is 2.34 bits per heavy atom. The number of benzene rings is 3. The summed E-state index contributed by atoms with van der Waals surface area (Å²) in [5.74, 6) is -0.599. The highest BCUT2D eigenvalue weighted by Gasteiger charge is 2.14. The molecule has 1 aromatic heterocycles. The van der Waals surface area contributed by atoms with E-state index >= 15 is 0 Å². The molecule has 174 valence electrons. The van der Waals surface area contributed by atoms with Gasteiger partial charge in [0.15, 0.2) is 17.2 Å². The first-order chi connectivity index (χ1) is 16.9. The smallest absolute Gasteiger partial charge is 0.360 e. The molecule has 35 heavy (non-hydrogen) atoms. The minimum atomic E-state index is -0.595. The number of aryl methyl sites for hydroxylation is 1. The van der Waals surface area contributed by atoms with Crippen molar-refractivity contribution in [3.8, 4) is 11.3 Å². The molecule has 0 bridgehead atoms. The summed E-state index contributed by atoms with van der Waals surface area (Å²) in [6.07, 6.45) is 3.23. The fraction of sp³-hybridized carbons (Fsp3) is 0.0714. The van der Waals surface area contributed by atoms with Crippen molar-refractivity contribution < 1.29 is 23.6 Å². The molecule has 0 unspecified atom stereocenters. The average molecular weight is 466 g/mol. The molecule has 1 N–H and O–H groups in total. The van der Waals surface area contributed by atoms with Gasteiger partial charge < -0.3 is 14.6 Å². The van der Waals surface area contributed by atoms with E-state index < -0.39 is 5.97 Å². The molecule has 0 aliphatic rings. The predicted octanol–water partition coefficient (Wildman–Crippen LogP) is 5.59. The maximum atomic E-state index is 12.7. The second-order valence-corrected chi connectivity index (χ2v) is 7.79. The van der Waals surface area contributed by atoms with Crippen LogP contribution < -0.4 is 5.32 Å². The third-order valence-corrected chi connectivity index (χ3v) is 5.25. The van der Waals surface area contributed by atoms with Gasteiger partial charge in [-0.1, -0.05) is 65.3 Å². The summed E-state index contributed by atoms with van der Waals surface area (Å²) in [5, 5.41) is 6.53. The van der Waals surface area contributed by atoms with Crippen molar-refractivity contribution in [2.24, 2.45) is 0 Å². The van der Waals surface area contributed by atoms with Crippen LogP contribution in [0.5, 0.6) is 0 Å².